The minimum Gasteiger partial charge on any atom is -0.399 e. The van der Waals surface area contributed by atoms with Crippen molar-refractivity contribution in [3.05, 3.63) is 24.0 Å². The molecule has 2 unspecified atom stereocenters. The van der Waals surface area contributed by atoms with Crippen molar-refractivity contribution in [2.45, 2.75) is 57.4 Å². The van der Waals surface area contributed by atoms with Crippen molar-refractivity contribution in [1.82, 2.24) is 9.55 Å². The third-order valence-electron chi connectivity index (χ3n) is 4.96. The van der Waals surface area contributed by atoms with Gasteiger partial charge in [-0.05, 0) is 49.8 Å². The van der Waals surface area contributed by atoms with Crippen LogP contribution in [0.1, 0.15) is 63.2 Å². The van der Waals surface area contributed by atoms with Crippen LogP contribution in [0, 0.1) is 5.92 Å². The van der Waals surface area contributed by atoms with Crippen LogP contribution in [0.5, 0.6) is 0 Å². The number of nitrogen functional groups attached to an aromatic ring is 1. The highest BCUT2D eigenvalue weighted by Crippen LogP contribution is 2.44. The number of nitrogens with zero attached hydrogens (tertiary/aromatic N) is 2. The fraction of sp³-hybridized carbons (Fsp3) is 0.588. The van der Waals surface area contributed by atoms with Crippen LogP contribution < -0.4 is 5.73 Å². The van der Waals surface area contributed by atoms with Crippen molar-refractivity contribution in [2.24, 2.45) is 5.92 Å². The number of aromatic nitrogens is 2. The van der Waals surface area contributed by atoms with Gasteiger partial charge >= 0.3 is 0 Å². The highest BCUT2D eigenvalue weighted by atomic mass is 15.1. The summed E-state index contributed by atoms with van der Waals surface area (Å²) in [6, 6.07) is 6.86. The van der Waals surface area contributed by atoms with Gasteiger partial charge in [0.1, 0.15) is 5.82 Å². The molecule has 2 aliphatic rings. The number of imidazole rings is 1. The van der Waals surface area contributed by atoms with Gasteiger partial charge in [-0.3, -0.25) is 0 Å². The van der Waals surface area contributed by atoms with Gasteiger partial charge in [-0.25, -0.2) is 4.98 Å². The SMILES string of the molecule is CC1CCCC(n2c(C3CC3)nc3cc(N)ccc32)C1. The maximum Gasteiger partial charge on any atom is 0.113 e. The molecule has 2 atom stereocenters. The van der Waals surface area contributed by atoms with E-state index in [1.54, 1.807) is 0 Å². The van der Waals surface area contributed by atoms with Crippen LogP contribution in [0.25, 0.3) is 11.0 Å². The van der Waals surface area contributed by atoms with E-state index in [0.29, 0.717) is 12.0 Å². The van der Waals surface area contributed by atoms with Crippen molar-refractivity contribution in [3.8, 4) is 0 Å². The average molecular weight is 269 g/mol. The van der Waals surface area contributed by atoms with E-state index < -0.39 is 0 Å². The Kier molecular flexibility index (Phi) is 2.76. The maximum absolute atomic E-state index is 5.93. The van der Waals surface area contributed by atoms with Gasteiger partial charge in [0, 0.05) is 17.6 Å². The minimum atomic E-state index is 0.642. The standard InChI is InChI=1S/C17H23N3/c1-11-3-2-4-14(9-11)20-16-8-7-13(18)10-15(16)19-17(20)12-5-6-12/h7-8,10-12,14H,2-6,9,18H2,1H3. The maximum atomic E-state index is 5.93. The minimum absolute atomic E-state index is 0.642. The topological polar surface area (TPSA) is 43.8 Å². The van der Waals surface area contributed by atoms with Gasteiger partial charge in [0.25, 0.3) is 0 Å². The van der Waals surface area contributed by atoms with Gasteiger partial charge in [0.15, 0.2) is 0 Å². The van der Waals surface area contributed by atoms with Crippen LogP contribution >= 0.6 is 0 Å². The van der Waals surface area contributed by atoms with Crippen LogP contribution in [0.3, 0.4) is 0 Å². The second-order valence-corrected chi connectivity index (χ2v) is 6.79. The zero-order chi connectivity index (χ0) is 13.7. The van der Waals surface area contributed by atoms with Gasteiger partial charge in [-0.1, -0.05) is 19.8 Å². The molecule has 2 fully saturated rings. The normalized spacial score (nSPS) is 27.1. The number of hydrogen-bond acceptors (Lipinski definition) is 2. The Labute approximate surface area is 120 Å². The number of benzene rings is 1. The van der Waals surface area contributed by atoms with Crippen LogP contribution in [-0.4, -0.2) is 9.55 Å². The predicted molar refractivity (Wildman–Crippen MR) is 82.8 cm³/mol. The largest absolute Gasteiger partial charge is 0.399 e. The van der Waals surface area contributed by atoms with Crippen LogP contribution in [0.4, 0.5) is 5.69 Å². The number of rotatable bonds is 2. The molecule has 106 valence electrons. The van der Waals surface area contributed by atoms with Crippen LogP contribution in [0.2, 0.25) is 0 Å². The zero-order valence-electron chi connectivity index (χ0n) is 12.2. The van der Waals surface area contributed by atoms with Gasteiger partial charge in [0.2, 0.25) is 0 Å². The summed E-state index contributed by atoms with van der Waals surface area (Å²) in [5.74, 6) is 2.86. The molecule has 3 heteroatoms. The Bertz CT molecular complexity index is 639. The van der Waals surface area contributed by atoms with Crippen molar-refractivity contribution in [3.63, 3.8) is 0 Å². The van der Waals surface area contributed by atoms with E-state index >= 15 is 0 Å². The number of fused-ring (bicyclic) bond motifs is 1. The molecule has 4 rings (SSSR count). The van der Waals surface area contributed by atoms with Gasteiger partial charge in [0.05, 0.1) is 11.0 Å². The molecule has 0 saturated heterocycles. The first-order valence-corrected chi connectivity index (χ1v) is 7.99. The molecule has 2 aromatic rings. The summed E-state index contributed by atoms with van der Waals surface area (Å²) in [6.45, 7) is 2.39. The molecule has 2 aliphatic carbocycles. The molecule has 2 N–H and O–H groups in total. The Hall–Kier alpha value is -1.51. The van der Waals surface area contributed by atoms with Crippen molar-refractivity contribution in [1.29, 1.82) is 0 Å². The van der Waals surface area contributed by atoms with Gasteiger partial charge < -0.3 is 10.3 Å². The molecular weight excluding hydrogens is 246 g/mol. The molecule has 0 aliphatic heterocycles. The Morgan fingerprint density at radius 3 is 2.80 bits per heavy atom. The number of hydrogen-bond donors (Lipinski definition) is 1. The molecule has 1 aromatic carbocycles. The molecular formula is C17H23N3. The zero-order valence-corrected chi connectivity index (χ0v) is 12.2. The first-order chi connectivity index (χ1) is 9.72. The van der Waals surface area contributed by atoms with E-state index in [1.165, 1.54) is 49.9 Å². The molecule has 1 heterocycles. The summed E-state index contributed by atoms with van der Waals surface area (Å²) < 4.78 is 2.56. The van der Waals surface area contributed by atoms with E-state index in [0.717, 1.165) is 17.1 Å². The first-order valence-electron chi connectivity index (χ1n) is 7.99. The number of anilines is 1. The Morgan fingerprint density at radius 2 is 2.05 bits per heavy atom. The van der Waals surface area contributed by atoms with Crippen LogP contribution in [0.15, 0.2) is 18.2 Å². The fourth-order valence-corrected chi connectivity index (χ4v) is 3.78. The Balaban J connectivity index is 1.84. The molecule has 0 spiro atoms. The second kappa shape index (κ2) is 4.51. The fourth-order valence-electron chi connectivity index (χ4n) is 3.78. The summed E-state index contributed by atoms with van der Waals surface area (Å²) in [5.41, 5.74) is 9.13. The van der Waals surface area contributed by atoms with Crippen LogP contribution in [-0.2, 0) is 0 Å². The lowest BCUT2D eigenvalue weighted by atomic mass is 9.86. The predicted octanol–water partition coefficient (Wildman–Crippen LogP) is 4.25. The summed E-state index contributed by atoms with van der Waals surface area (Å²) in [6.07, 6.45) is 7.96. The quantitative estimate of drug-likeness (QED) is 0.828. The molecule has 1 aromatic heterocycles. The molecule has 0 radical (unpaired) electrons. The van der Waals surface area contributed by atoms with Crippen molar-refractivity contribution in [2.75, 3.05) is 5.73 Å². The lowest BCUT2D eigenvalue weighted by molar-refractivity contribution is 0.282. The van der Waals surface area contributed by atoms with Crippen molar-refractivity contribution < 1.29 is 0 Å². The molecule has 3 nitrogen and oxygen atoms in total. The molecule has 0 amide bonds. The highest BCUT2D eigenvalue weighted by molar-refractivity contribution is 5.80. The van der Waals surface area contributed by atoms with E-state index in [1.807, 2.05) is 12.1 Å². The van der Waals surface area contributed by atoms with E-state index in [9.17, 15) is 0 Å². The average Bonchev–Trinajstić information content (AvgIpc) is 3.20. The van der Waals surface area contributed by atoms with E-state index in [2.05, 4.69) is 17.6 Å². The lowest BCUT2D eigenvalue weighted by Crippen LogP contribution is -2.19. The number of nitrogens with two attached hydrogens (primary N) is 1. The highest BCUT2D eigenvalue weighted by Gasteiger charge is 2.33. The van der Waals surface area contributed by atoms with Gasteiger partial charge in [-0.15, -0.1) is 0 Å². The second-order valence-electron chi connectivity index (χ2n) is 6.79. The first kappa shape index (κ1) is 12.2. The third kappa shape index (κ3) is 2.00. The van der Waals surface area contributed by atoms with Gasteiger partial charge in [-0.2, -0.15) is 0 Å². The molecule has 0 bridgehead atoms. The summed E-state index contributed by atoms with van der Waals surface area (Å²) >= 11 is 0. The Morgan fingerprint density at radius 1 is 1.20 bits per heavy atom. The molecule has 2 saturated carbocycles. The summed E-state index contributed by atoms with van der Waals surface area (Å²) in [4.78, 5) is 4.92. The monoisotopic (exact) mass is 269 g/mol. The smallest absolute Gasteiger partial charge is 0.113 e. The summed E-state index contributed by atoms with van der Waals surface area (Å²) in [7, 11) is 0. The van der Waals surface area contributed by atoms with E-state index in [4.69, 9.17) is 10.7 Å². The molecule has 20 heavy (non-hydrogen) atoms. The summed E-state index contributed by atoms with van der Waals surface area (Å²) in [5, 5.41) is 0. The van der Waals surface area contributed by atoms with E-state index in [-0.39, 0.29) is 0 Å². The van der Waals surface area contributed by atoms with Crippen molar-refractivity contribution >= 4 is 16.7 Å². The lowest BCUT2D eigenvalue weighted by Gasteiger charge is -2.29. The third-order valence-corrected chi connectivity index (χ3v) is 4.96.